The molecule has 0 unspecified atom stereocenters. The summed E-state index contributed by atoms with van der Waals surface area (Å²) < 4.78 is 22.1. The van der Waals surface area contributed by atoms with Crippen molar-refractivity contribution in [3.63, 3.8) is 0 Å². The number of benzene rings is 2. The Hall–Kier alpha value is -3.15. The maximum atomic E-state index is 12.3. The summed E-state index contributed by atoms with van der Waals surface area (Å²) in [5, 5.41) is 2.90. The van der Waals surface area contributed by atoms with Gasteiger partial charge in [-0.3, -0.25) is 4.79 Å². The third kappa shape index (κ3) is 5.02. The van der Waals surface area contributed by atoms with Gasteiger partial charge in [0.2, 0.25) is 5.91 Å². The lowest BCUT2D eigenvalue weighted by molar-refractivity contribution is -0.116. The Labute approximate surface area is 171 Å². The molecular formula is C23H27NO5. The van der Waals surface area contributed by atoms with Gasteiger partial charge in [-0.05, 0) is 44.2 Å². The number of carbonyl (C=O) groups is 1. The van der Waals surface area contributed by atoms with Crippen molar-refractivity contribution in [3.8, 4) is 23.0 Å². The van der Waals surface area contributed by atoms with E-state index in [0.29, 0.717) is 24.7 Å². The highest BCUT2D eigenvalue weighted by molar-refractivity contribution is 5.92. The summed E-state index contributed by atoms with van der Waals surface area (Å²) in [6.07, 6.45) is 4.22. The number of ether oxygens (including phenoxy) is 4. The number of methoxy groups -OCH3 is 2. The lowest BCUT2D eigenvalue weighted by Crippen LogP contribution is -2.20. The van der Waals surface area contributed by atoms with Crippen LogP contribution < -0.4 is 24.3 Å². The number of fused-ring (bicyclic) bond motifs is 1. The minimum atomic E-state index is -0.208. The fraction of sp³-hybridized carbons (Fsp3) is 0.348. The van der Waals surface area contributed by atoms with E-state index in [9.17, 15) is 4.79 Å². The van der Waals surface area contributed by atoms with Crippen LogP contribution in [0, 0.1) is 0 Å². The normalized spacial score (nSPS) is 15.0. The Kier molecular flexibility index (Phi) is 6.65. The van der Waals surface area contributed by atoms with Crippen molar-refractivity contribution in [2.24, 2.45) is 0 Å². The van der Waals surface area contributed by atoms with Crippen molar-refractivity contribution in [1.82, 2.24) is 5.32 Å². The van der Waals surface area contributed by atoms with Crippen molar-refractivity contribution < 1.29 is 23.7 Å². The first-order chi connectivity index (χ1) is 14.0. The molecule has 0 bridgehead atoms. The molecule has 1 atom stereocenters. The number of nitrogens with one attached hydrogen (secondary N) is 1. The van der Waals surface area contributed by atoms with Gasteiger partial charge in [0, 0.05) is 41.8 Å². The number of amides is 1. The molecule has 0 saturated heterocycles. The molecule has 3 rings (SSSR count). The Balaban J connectivity index is 1.68. The molecule has 0 spiro atoms. The van der Waals surface area contributed by atoms with E-state index in [1.54, 1.807) is 26.4 Å². The largest absolute Gasteiger partial charge is 0.497 e. The summed E-state index contributed by atoms with van der Waals surface area (Å²) in [5.74, 6) is 2.77. The maximum absolute atomic E-state index is 12.3. The topological polar surface area (TPSA) is 66.0 Å². The molecule has 1 heterocycles. The fourth-order valence-electron chi connectivity index (χ4n) is 3.27. The standard InChI is InChI=1S/C23H27NO5/c1-5-28-21-11-17-10-15(2)29-22(17)12-18(21)14-24-23(25)9-7-16-6-8-19(26-3)13-20(16)27-4/h6-9,11-13,15H,5,10,14H2,1-4H3,(H,24,25)/b9-7+/t15-/m1/s1. The molecule has 0 radical (unpaired) electrons. The van der Waals surface area contributed by atoms with Crippen LogP contribution >= 0.6 is 0 Å². The third-order valence-corrected chi connectivity index (χ3v) is 4.69. The van der Waals surface area contributed by atoms with Gasteiger partial charge in [-0.2, -0.15) is 0 Å². The van der Waals surface area contributed by atoms with Gasteiger partial charge >= 0.3 is 0 Å². The van der Waals surface area contributed by atoms with Crippen LogP contribution in [0.1, 0.15) is 30.5 Å². The average molecular weight is 397 g/mol. The van der Waals surface area contributed by atoms with Crippen LogP contribution in [0.5, 0.6) is 23.0 Å². The highest BCUT2D eigenvalue weighted by Crippen LogP contribution is 2.35. The van der Waals surface area contributed by atoms with Gasteiger partial charge in [-0.1, -0.05) is 0 Å². The van der Waals surface area contributed by atoms with Crippen LogP contribution in [-0.4, -0.2) is 32.8 Å². The SMILES string of the molecule is CCOc1cc2c(cc1CNC(=O)/C=C/c1ccc(OC)cc1OC)O[C@H](C)C2. The molecule has 154 valence electrons. The smallest absolute Gasteiger partial charge is 0.244 e. The second-order valence-corrected chi connectivity index (χ2v) is 6.79. The highest BCUT2D eigenvalue weighted by atomic mass is 16.5. The van der Waals surface area contributed by atoms with Crippen LogP contribution in [0.3, 0.4) is 0 Å². The fourth-order valence-corrected chi connectivity index (χ4v) is 3.27. The van der Waals surface area contributed by atoms with E-state index >= 15 is 0 Å². The van der Waals surface area contributed by atoms with Gasteiger partial charge in [0.15, 0.2) is 0 Å². The summed E-state index contributed by atoms with van der Waals surface area (Å²) in [7, 11) is 3.18. The molecule has 1 aliphatic rings. The molecule has 6 nitrogen and oxygen atoms in total. The first-order valence-corrected chi connectivity index (χ1v) is 9.67. The quantitative estimate of drug-likeness (QED) is 0.687. The molecule has 0 aromatic heterocycles. The average Bonchev–Trinajstić information content (AvgIpc) is 3.09. The van der Waals surface area contributed by atoms with E-state index in [2.05, 4.69) is 5.32 Å². The minimum Gasteiger partial charge on any atom is -0.497 e. The van der Waals surface area contributed by atoms with E-state index in [-0.39, 0.29) is 12.0 Å². The van der Waals surface area contributed by atoms with Crippen molar-refractivity contribution in [2.45, 2.75) is 32.9 Å². The van der Waals surface area contributed by atoms with E-state index in [1.165, 1.54) is 6.08 Å². The van der Waals surface area contributed by atoms with E-state index in [4.69, 9.17) is 18.9 Å². The lowest BCUT2D eigenvalue weighted by Gasteiger charge is -2.13. The minimum absolute atomic E-state index is 0.159. The van der Waals surface area contributed by atoms with Gasteiger partial charge in [0.25, 0.3) is 0 Å². The first-order valence-electron chi connectivity index (χ1n) is 9.67. The molecule has 1 aliphatic heterocycles. The number of carbonyl (C=O) groups excluding carboxylic acids is 1. The van der Waals surface area contributed by atoms with Crippen molar-refractivity contribution in [1.29, 1.82) is 0 Å². The van der Waals surface area contributed by atoms with Crippen LogP contribution in [0.15, 0.2) is 36.4 Å². The van der Waals surface area contributed by atoms with Crippen molar-refractivity contribution in [2.75, 3.05) is 20.8 Å². The molecule has 1 N–H and O–H groups in total. The summed E-state index contributed by atoms with van der Waals surface area (Å²) in [6, 6.07) is 9.41. The van der Waals surface area contributed by atoms with Crippen molar-refractivity contribution in [3.05, 3.63) is 53.1 Å². The van der Waals surface area contributed by atoms with E-state index in [1.807, 2.05) is 38.1 Å². The Morgan fingerprint density at radius 3 is 2.76 bits per heavy atom. The first kappa shape index (κ1) is 20.6. The predicted octanol–water partition coefficient (Wildman–Crippen LogP) is 3.76. The van der Waals surface area contributed by atoms with Crippen LogP contribution in [0.25, 0.3) is 6.08 Å². The summed E-state index contributed by atoms with van der Waals surface area (Å²) >= 11 is 0. The molecule has 0 fully saturated rings. The van der Waals surface area contributed by atoms with Crippen LogP contribution in [0.2, 0.25) is 0 Å². The number of hydrogen-bond acceptors (Lipinski definition) is 5. The molecule has 2 aromatic carbocycles. The second kappa shape index (κ2) is 9.37. The molecule has 1 amide bonds. The van der Waals surface area contributed by atoms with E-state index in [0.717, 1.165) is 34.6 Å². The van der Waals surface area contributed by atoms with Gasteiger partial charge in [-0.15, -0.1) is 0 Å². The molecule has 0 aliphatic carbocycles. The van der Waals surface area contributed by atoms with Gasteiger partial charge in [0.1, 0.15) is 29.1 Å². The van der Waals surface area contributed by atoms with Gasteiger partial charge < -0.3 is 24.3 Å². The zero-order valence-corrected chi connectivity index (χ0v) is 17.3. The Morgan fingerprint density at radius 2 is 2.03 bits per heavy atom. The zero-order valence-electron chi connectivity index (χ0n) is 17.3. The van der Waals surface area contributed by atoms with E-state index < -0.39 is 0 Å². The Bertz CT molecular complexity index is 906. The molecule has 2 aromatic rings. The van der Waals surface area contributed by atoms with Crippen LogP contribution in [0.4, 0.5) is 0 Å². The molecular weight excluding hydrogens is 370 g/mol. The molecule has 29 heavy (non-hydrogen) atoms. The summed E-state index contributed by atoms with van der Waals surface area (Å²) in [5.41, 5.74) is 2.82. The predicted molar refractivity (Wildman–Crippen MR) is 112 cm³/mol. The summed E-state index contributed by atoms with van der Waals surface area (Å²) in [6.45, 7) is 4.90. The zero-order chi connectivity index (χ0) is 20.8. The van der Waals surface area contributed by atoms with Crippen LogP contribution in [-0.2, 0) is 17.8 Å². The third-order valence-electron chi connectivity index (χ3n) is 4.69. The molecule has 0 saturated carbocycles. The van der Waals surface area contributed by atoms with Crippen molar-refractivity contribution >= 4 is 12.0 Å². The van der Waals surface area contributed by atoms with Gasteiger partial charge in [-0.25, -0.2) is 0 Å². The number of rotatable bonds is 8. The highest BCUT2D eigenvalue weighted by Gasteiger charge is 2.21. The monoisotopic (exact) mass is 397 g/mol. The maximum Gasteiger partial charge on any atom is 0.244 e. The van der Waals surface area contributed by atoms with Gasteiger partial charge in [0.05, 0.1) is 20.8 Å². The summed E-state index contributed by atoms with van der Waals surface area (Å²) in [4.78, 5) is 12.3. The molecule has 6 heteroatoms. The Morgan fingerprint density at radius 1 is 1.21 bits per heavy atom. The number of hydrogen-bond donors (Lipinski definition) is 1. The second-order valence-electron chi connectivity index (χ2n) is 6.79. The lowest BCUT2D eigenvalue weighted by atomic mass is 10.1.